The fraction of sp³-hybridized carbons (Fsp3) is 0.222. The van der Waals surface area contributed by atoms with Crippen LogP contribution in [-0.2, 0) is 17.4 Å². The van der Waals surface area contributed by atoms with Crippen molar-refractivity contribution in [3.63, 3.8) is 0 Å². The number of rotatable bonds is 6. The molecule has 0 atom stereocenters. The van der Waals surface area contributed by atoms with Gasteiger partial charge in [-0.25, -0.2) is 0 Å². The van der Waals surface area contributed by atoms with Crippen LogP contribution in [0.3, 0.4) is 0 Å². The lowest BCUT2D eigenvalue weighted by atomic mass is 10.1. The van der Waals surface area contributed by atoms with E-state index in [1.54, 1.807) is 18.2 Å². The van der Waals surface area contributed by atoms with E-state index in [1.807, 2.05) is 0 Å². The maximum atomic E-state index is 12.5. The number of benzene rings is 2. The van der Waals surface area contributed by atoms with E-state index in [1.165, 1.54) is 18.2 Å². The maximum Gasteiger partial charge on any atom is 0.416 e. The Morgan fingerprint density at radius 1 is 1.00 bits per heavy atom. The Balaban J connectivity index is 1.73. The third-order valence-corrected chi connectivity index (χ3v) is 3.75. The van der Waals surface area contributed by atoms with Gasteiger partial charge in [-0.3, -0.25) is 9.59 Å². The second kappa shape index (κ2) is 8.71. The summed E-state index contributed by atoms with van der Waals surface area (Å²) >= 11 is 5.79. The van der Waals surface area contributed by atoms with E-state index in [9.17, 15) is 22.8 Å². The van der Waals surface area contributed by atoms with Crippen molar-refractivity contribution in [2.75, 3.05) is 13.1 Å². The fourth-order valence-electron chi connectivity index (χ4n) is 2.16. The Labute approximate surface area is 153 Å². The van der Waals surface area contributed by atoms with Crippen LogP contribution in [0.15, 0.2) is 48.5 Å². The van der Waals surface area contributed by atoms with Gasteiger partial charge in [-0.15, -0.1) is 0 Å². The minimum atomic E-state index is -4.37. The summed E-state index contributed by atoms with van der Waals surface area (Å²) in [6, 6.07) is 11.1. The average Bonchev–Trinajstić information content (AvgIpc) is 2.59. The first-order valence-corrected chi connectivity index (χ1v) is 8.10. The van der Waals surface area contributed by atoms with Crippen LogP contribution in [0.25, 0.3) is 0 Å². The normalized spacial score (nSPS) is 11.1. The van der Waals surface area contributed by atoms with Crippen LogP contribution in [0, 0.1) is 0 Å². The zero-order valence-corrected chi connectivity index (χ0v) is 14.3. The molecule has 4 nitrogen and oxygen atoms in total. The van der Waals surface area contributed by atoms with Gasteiger partial charge in [-0.2, -0.15) is 13.2 Å². The molecule has 0 aliphatic carbocycles. The van der Waals surface area contributed by atoms with E-state index >= 15 is 0 Å². The monoisotopic (exact) mass is 384 g/mol. The van der Waals surface area contributed by atoms with Crippen molar-refractivity contribution in [1.29, 1.82) is 0 Å². The third-order valence-electron chi connectivity index (χ3n) is 3.51. The average molecular weight is 385 g/mol. The minimum Gasteiger partial charge on any atom is -0.354 e. The highest BCUT2D eigenvalue weighted by Gasteiger charge is 2.29. The molecular formula is C18H16ClF3N2O2. The molecular weight excluding hydrogens is 369 g/mol. The van der Waals surface area contributed by atoms with Crippen molar-refractivity contribution in [3.05, 3.63) is 70.2 Å². The van der Waals surface area contributed by atoms with E-state index in [4.69, 9.17) is 11.6 Å². The lowest BCUT2D eigenvalue weighted by molar-refractivity contribution is -0.137. The zero-order chi connectivity index (χ0) is 19.2. The van der Waals surface area contributed by atoms with Gasteiger partial charge in [0.25, 0.3) is 5.91 Å². The molecule has 0 aliphatic rings. The molecule has 2 N–H and O–H groups in total. The first kappa shape index (κ1) is 19.8. The van der Waals surface area contributed by atoms with Crippen molar-refractivity contribution in [3.8, 4) is 0 Å². The fourth-order valence-corrected chi connectivity index (χ4v) is 2.35. The molecule has 0 saturated carbocycles. The van der Waals surface area contributed by atoms with Gasteiger partial charge in [-0.1, -0.05) is 29.8 Å². The van der Waals surface area contributed by atoms with Gasteiger partial charge >= 0.3 is 6.18 Å². The van der Waals surface area contributed by atoms with Gasteiger partial charge in [-0.05, 0) is 42.3 Å². The van der Waals surface area contributed by atoms with Gasteiger partial charge < -0.3 is 10.6 Å². The maximum absolute atomic E-state index is 12.5. The summed E-state index contributed by atoms with van der Waals surface area (Å²) in [7, 11) is 0. The molecule has 0 bridgehead atoms. The first-order valence-electron chi connectivity index (χ1n) is 7.72. The van der Waals surface area contributed by atoms with E-state index in [2.05, 4.69) is 10.6 Å². The summed E-state index contributed by atoms with van der Waals surface area (Å²) in [6.45, 7) is 0.0373. The summed E-state index contributed by atoms with van der Waals surface area (Å²) < 4.78 is 37.4. The van der Waals surface area contributed by atoms with Crippen LogP contribution in [-0.4, -0.2) is 24.9 Å². The number of halogens is 4. The van der Waals surface area contributed by atoms with E-state index in [0.29, 0.717) is 22.6 Å². The predicted molar refractivity (Wildman–Crippen MR) is 91.9 cm³/mol. The number of hydrogen-bond donors (Lipinski definition) is 2. The Bertz CT molecular complexity index is 777. The van der Waals surface area contributed by atoms with Gasteiger partial charge in [0.1, 0.15) is 0 Å². The molecule has 2 aromatic rings. The first-order chi connectivity index (χ1) is 12.3. The van der Waals surface area contributed by atoms with Crippen LogP contribution in [0.5, 0.6) is 0 Å². The number of alkyl halides is 3. The Morgan fingerprint density at radius 2 is 1.69 bits per heavy atom. The molecule has 26 heavy (non-hydrogen) atoms. The summed E-state index contributed by atoms with van der Waals surface area (Å²) in [5.74, 6) is -0.822. The highest BCUT2D eigenvalue weighted by molar-refractivity contribution is 6.30. The predicted octanol–water partition coefficient (Wildman–Crippen LogP) is 3.45. The van der Waals surface area contributed by atoms with E-state index in [-0.39, 0.29) is 13.1 Å². The van der Waals surface area contributed by atoms with Crippen LogP contribution in [0.1, 0.15) is 21.5 Å². The Kier molecular flexibility index (Phi) is 6.63. The van der Waals surface area contributed by atoms with Crippen LogP contribution in [0.4, 0.5) is 13.2 Å². The highest BCUT2D eigenvalue weighted by atomic mass is 35.5. The molecule has 0 heterocycles. The van der Waals surface area contributed by atoms with Crippen molar-refractivity contribution >= 4 is 23.4 Å². The van der Waals surface area contributed by atoms with Crippen LogP contribution in [0.2, 0.25) is 5.02 Å². The molecule has 0 radical (unpaired) electrons. The molecule has 138 valence electrons. The Hall–Kier alpha value is -2.54. The molecule has 0 spiro atoms. The quantitative estimate of drug-likeness (QED) is 0.801. The molecule has 8 heteroatoms. The standard InChI is InChI=1S/C18H16ClF3N2O2/c19-15-3-1-2-13(10-15)17(26)24-11-16(25)23-9-8-12-4-6-14(7-5-12)18(20,21)22/h1-7,10H,8-9,11H2,(H,23,25)(H,24,26). The topological polar surface area (TPSA) is 58.2 Å². The smallest absolute Gasteiger partial charge is 0.354 e. The van der Waals surface area contributed by atoms with Crippen LogP contribution < -0.4 is 10.6 Å². The van der Waals surface area contributed by atoms with Crippen molar-refractivity contribution in [2.24, 2.45) is 0 Å². The zero-order valence-electron chi connectivity index (χ0n) is 13.6. The number of hydrogen-bond acceptors (Lipinski definition) is 2. The number of nitrogens with one attached hydrogen (secondary N) is 2. The van der Waals surface area contributed by atoms with Crippen molar-refractivity contribution in [2.45, 2.75) is 12.6 Å². The molecule has 2 aromatic carbocycles. The number of carbonyl (C=O) groups excluding carboxylic acids is 2. The molecule has 0 fully saturated rings. The van der Waals surface area contributed by atoms with E-state index < -0.39 is 23.6 Å². The van der Waals surface area contributed by atoms with Crippen LogP contribution >= 0.6 is 11.6 Å². The second-order valence-corrected chi connectivity index (χ2v) is 5.92. The van der Waals surface area contributed by atoms with Gasteiger partial charge in [0.2, 0.25) is 5.91 Å². The van der Waals surface area contributed by atoms with E-state index in [0.717, 1.165) is 12.1 Å². The summed E-state index contributed by atoms with van der Waals surface area (Å²) in [6.07, 6.45) is -3.99. The number of carbonyl (C=O) groups is 2. The third kappa shape index (κ3) is 6.07. The SMILES string of the molecule is O=C(CNC(=O)c1cccc(Cl)c1)NCCc1ccc(C(F)(F)F)cc1. The largest absolute Gasteiger partial charge is 0.416 e. The highest BCUT2D eigenvalue weighted by Crippen LogP contribution is 2.29. The molecule has 0 unspecified atom stereocenters. The molecule has 0 aromatic heterocycles. The van der Waals surface area contributed by atoms with Gasteiger partial charge in [0, 0.05) is 17.1 Å². The number of amides is 2. The van der Waals surface area contributed by atoms with Crippen molar-refractivity contribution in [1.82, 2.24) is 10.6 Å². The van der Waals surface area contributed by atoms with Crippen molar-refractivity contribution < 1.29 is 22.8 Å². The molecule has 0 aliphatic heterocycles. The lowest BCUT2D eigenvalue weighted by Crippen LogP contribution is -2.37. The second-order valence-electron chi connectivity index (χ2n) is 5.49. The molecule has 2 amide bonds. The molecule has 2 rings (SSSR count). The minimum absolute atomic E-state index is 0.210. The summed E-state index contributed by atoms with van der Waals surface area (Å²) in [4.78, 5) is 23.6. The Morgan fingerprint density at radius 3 is 2.31 bits per heavy atom. The molecule has 0 saturated heterocycles. The lowest BCUT2D eigenvalue weighted by Gasteiger charge is -2.09. The van der Waals surface area contributed by atoms with Gasteiger partial charge in [0.05, 0.1) is 12.1 Å². The van der Waals surface area contributed by atoms with Gasteiger partial charge in [0.15, 0.2) is 0 Å². The summed E-state index contributed by atoms with van der Waals surface area (Å²) in [5, 5.41) is 5.47. The summed E-state index contributed by atoms with van der Waals surface area (Å²) in [5.41, 5.74) is 0.297.